The number of halogens is 1. The van der Waals surface area contributed by atoms with E-state index < -0.39 is 0 Å². The van der Waals surface area contributed by atoms with Gasteiger partial charge in [0.2, 0.25) is 0 Å². The molecule has 0 spiro atoms. The van der Waals surface area contributed by atoms with Crippen LogP contribution in [0.1, 0.15) is 40.9 Å². The highest BCUT2D eigenvalue weighted by atomic mass is 79.9. The predicted molar refractivity (Wildman–Crippen MR) is 86.5 cm³/mol. The Labute approximate surface area is 133 Å². The summed E-state index contributed by atoms with van der Waals surface area (Å²) in [5.74, 6) is 0.204. The molecule has 0 unspecified atom stereocenters. The normalized spacial score (nSPS) is 21.6. The Hall–Kier alpha value is -0.390. The minimum Gasteiger partial charge on any atom is -0.335 e. The van der Waals surface area contributed by atoms with Crippen molar-refractivity contribution >= 4 is 33.2 Å². The number of thiophene rings is 1. The molecule has 2 aliphatic rings. The molecule has 0 radical (unpaired) electrons. The van der Waals surface area contributed by atoms with Crippen LogP contribution in [0.2, 0.25) is 0 Å². The van der Waals surface area contributed by atoms with Crippen LogP contribution in [0.15, 0.2) is 9.85 Å². The zero-order valence-corrected chi connectivity index (χ0v) is 14.3. The van der Waals surface area contributed by atoms with E-state index in [2.05, 4.69) is 20.8 Å². The zero-order chi connectivity index (χ0) is 14.1. The van der Waals surface area contributed by atoms with E-state index >= 15 is 0 Å². The van der Waals surface area contributed by atoms with Crippen molar-refractivity contribution in [2.24, 2.45) is 0 Å². The maximum absolute atomic E-state index is 12.5. The summed E-state index contributed by atoms with van der Waals surface area (Å²) >= 11 is 5.06. The molecule has 1 aromatic heterocycles. The number of carbonyl (C=O) groups is 1. The zero-order valence-electron chi connectivity index (χ0n) is 11.9. The van der Waals surface area contributed by atoms with Crippen molar-refractivity contribution in [3.63, 3.8) is 0 Å². The van der Waals surface area contributed by atoms with Crippen LogP contribution in [0.5, 0.6) is 0 Å². The molecule has 3 nitrogen and oxygen atoms in total. The summed E-state index contributed by atoms with van der Waals surface area (Å²) < 4.78 is 1.07. The fraction of sp³-hybridized carbons (Fsp3) is 0.667. The fourth-order valence-electron chi connectivity index (χ4n) is 3.28. The van der Waals surface area contributed by atoms with Crippen LogP contribution in [0.25, 0.3) is 0 Å². The maximum atomic E-state index is 12.5. The molecule has 1 saturated heterocycles. The number of amides is 1. The summed E-state index contributed by atoms with van der Waals surface area (Å²) in [4.78, 5) is 18.0. The Morgan fingerprint density at radius 1 is 1.25 bits per heavy atom. The van der Waals surface area contributed by atoms with Gasteiger partial charge in [-0.15, -0.1) is 11.3 Å². The summed E-state index contributed by atoms with van der Waals surface area (Å²) in [6.45, 7) is 5.88. The summed E-state index contributed by atoms with van der Waals surface area (Å²) in [6, 6.07) is 2.78. The lowest BCUT2D eigenvalue weighted by molar-refractivity contribution is 0.0578. The molecule has 0 bridgehead atoms. The maximum Gasteiger partial charge on any atom is 0.264 e. The molecule has 2 fully saturated rings. The SMILES string of the molecule is Cc1cc(C(=O)N2CCN(C3CCCC3)CC2)sc1Br. The van der Waals surface area contributed by atoms with Crippen LogP contribution in [-0.2, 0) is 0 Å². The standard InChI is InChI=1S/C15H21BrN2OS/c1-11-10-13(20-14(11)16)15(19)18-8-6-17(7-9-18)12-4-2-3-5-12/h10,12H,2-9H2,1H3. The topological polar surface area (TPSA) is 23.6 Å². The first-order chi connectivity index (χ1) is 9.65. The summed E-state index contributed by atoms with van der Waals surface area (Å²) in [5.41, 5.74) is 1.16. The van der Waals surface area contributed by atoms with Gasteiger partial charge in [-0.2, -0.15) is 0 Å². The molecule has 5 heteroatoms. The minimum absolute atomic E-state index is 0.204. The highest BCUT2D eigenvalue weighted by Gasteiger charge is 2.28. The Morgan fingerprint density at radius 2 is 1.90 bits per heavy atom. The van der Waals surface area contributed by atoms with Crippen LogP contribution in [0, 0.1) is 6.92 Å². The van der Waals surface area contributed by atoms with E-state index in [0.29, 0.717) is 0 Å². The Morgan fingerprint density at radius 3 is 2.45 bits per heavy atom. The number of aryl methyl sites for hydroxylation is 1. The van der Waals surface area contributed by atoms with Gasteiger partial charge in [0, 0.05) is 32.2 Å². The second-order valence-corrected chi connectivity index (χ2v) is 8.20. The van der Waals surface area contributed by atoms with Gasteiger partial charge in [0.1, 0.15) is 0 Å². The Balaban J connectivity index is 1.58. The number of nitrogens with zero attached hydrogens (tertiary/aromatic N) is 2. The number of hydrogen-bond acceptors (Lipinski definition) is 3. The molecule has 1 aliphatic heterocycles. The van der Waals surface area contributed by atoms with Gasteiger partial charge in [-0.3, -0.25) is 9.69 Å². The highest BCUT2D eigenvalue weighted by Crippen LogP contribution is 2.29. The molecule has 0 N–H and O–H groups in total. The molecule has 1 aliphatic carbocycles. The van der Waals surface area contributed by atoms with E-state index in [1.165, 1.54) is 25.7 Å². The van der Waals surface area contributed by atoms with Gasteiger partial charge in [0.05, 0.1) is 8.66 Å². The molecular weight excluding hydrogens is 336 g/mol. The average Bonchev–Trinajstić information content (AvgIpc) is 3.09. The van der Waals surface area contributed by atoms with E-state index in [9.17, 15) is 4.79 Å². The molecule has 0 atom stereocenters. The third-order valence-electron chi connectivity index (χ3n) is 4.51. The smallest absolute Gasteiger partial charge is 0.264 e. The van der Waals surface area contributed by atoms with Crippen LogP contribution in [-0.4, -0.2) is 47.9 Å². The minimum atomic E-state index is 0.204. The van der Waals surface area contributed by atoms with Gasteiger partial charge in [-0.05, 0) is 47.3 Å². The number of piperazine rings is 1. The lowest BCUT2D eigenvalue weighted by atomic mass is 10.2. The van der Waals surface area contributed by atoms with E-state index in [4.69, 9.17) is 0 Å². The quantitative estimate of drug-likeness (QED) is 0.809. The summed E-state index contributed by atoms with van der Waals surface area (Å²) in [5, 5.41) is 0. The molecular formula is C15H21BrN2OS. The first-order valence-electron chi connectivity index (χ1n) is 7.44. The number of carbonyl (C=O) groups excluding carboxylic acids is 1. The van der Waals surface area contributed by atoms with Gasteiger partial charge < -0.3 is 4.90 Å². The average molecular weight is 357 g/mol. The summed E-state index contributed by atoms with van der Waals surface area (Å²) in [6.07, 6.45) is 5.47. The van der Waals surface area contributed by atoms with Gasteiger partial charge in [0.25, 0.3) is 5.91 Å². The lowest BCUT2D eigenvalue weighted by Gasteiger charge is -2.37. The molecule has 2 heterocycles. The first-order valence-corrected chi connectivity index (χ1v) is 9.05. The van der Waals surface area contributed by atoms with Crippen molar-refractivity contribution in [3.05, 3.63) is 20.3 Å². The van der Waals surface area contributed by atoms with Gasteiger partial charge in [-0.1, -0.05) is 12.8 Å². The summed E-state index contributed by atoms with van der Waals surface area (Å²) in [7, 11) is 0. The first kappa shape index (κ1) is 14.5. The van der Waals surface area contributed by atoms with Crippen molar-refractivity contribution in [1.29, 1.82) is 0 Å². The Bertz CT molecular complexity index is 469. The van der Waals surface area contributed by atoms with E-state index in [1.807, 2.05) is 17.9 Å². The third-order valence-corrected chi connectivity index (χ3v) is 6.64. The second kappa shape index (κ2) is 6.16. The molecule has 1 aromatic rings. The van der Waals surface area contributed by atoms with Crippen LogP contribution in [0.3, 0.4) is 0 Å². The van der Waals surface area contributed by atoms with Gasteiger partial charge in [0.15, 0.2) is 0 Å². The lowest BCUT2D eigenvalue weighted by Crippen LogP contribution is -2.51. The van der Waals surface area contributed by atoms with Gasteiger partial charge >= 0.3 is 0 Å². The molecule has 3 rings (SSSR count). The largest absolute Gasteiger partial charge is 0.335 e. The molecule has 1 amide bonds. The monoisotopic (exact) mass is 356 g/mol. The second-order valence-electron chi connectivity index (χ2n) is 5.83. The van der Waals surface area contributed by atoms with Crippen molar-refractivity contribution in [3.8, 4) is 0 Å². The van der Waals surface area contributed by atoms with Crippen molar-refractivity contribution in [2.75, 3.05) is 26.2 Å². The molecule has 20 heavy (non-hydrogen) atoms. The molecule has 110 valence electrons. The highest BCUT2D eigenvalue weighted by molar-refractivity contribution is 9.11. The fourth-order valence-corrected chi connectivity index (χ4v) is 4.78. The van der Waals surface area contributed by atoms with Crippen molar-refractivity contribution < 1.29 is 4.79 Å². The van der Waals surface area contributed by atoms with Crippen LogP contribution < -0.4 is 0 Å². The van der Waals surface area contributed by atoms with Crippen molar-refractivity contribution in [1.82, 2.24) is 9.80 Å². The Kier molecular flexibility index (Phi) is 4.48. The predicted octanol–water partition coefficient (Wildman–Crippen LogP) is 3.52. The van der Waals surface area contributed by atoms with Gasteiger partial charge in [-0.25, -0.2) is 0 Å². The van der Waals surface area contributed by atoms with Crippen molar-refractivity contribution in [2.45, 2.75) is 38.6 Å². The van der Waals surface area contributed by atoms with Crippen LogP contribution >= 0.6 is 27.3 Å². The molecule has 0 aromatic carbocycles. The van der Waals surface area contributed by atoms with E-state index in [-0.39, 0.29) is 5.91 Å². The molecule has 1 saturated carbocycles. The third kappa shape index (κ3) is 2.95. The van der Waals surface area contributed by atoms with Crippen LogP contribution in [0.4, 0.5) is 0 Å². The van der Waals surface area contributed by atoms with E-state index in [0.717, 1.165) is 46.4 Å². The number of hydrogen-bond donors (Lipinski definition) is 0. The number of rotatable bonds is 2. The van der Waals surface area contributed by atoms with E-state index in [1.54, 1.807) is 11.3 Å².